The van der Waals surface area contributed by atoms with E-state index in [2.05, 4.69) is 10.3 Å². The van der Waals surface area contributed by atoms with Crippen LogP contribution in [0.1, 0.15) is 18.1 Å². The lowest BCUT2D eigenvalue weighted by Crippen LogP contribution is -2.19. The molecule has 0 spiro atoms. The number of aryl methyl sites for hydroxylation is 1. The topological polar surface area (TPSA) is 83.7 Å². The fourth-order valence-electron chi connectivity index (χ4n) is 2.56. The van der Waals surface area contributed by atoms with Crippen molar-refractivity contribution in [2.24, 2.45) is 4.99 Å². The minimum absolute atomic E-state index is 0.0679. The van der Waals surface area contributed by atoms with Gasteiger partial charge in [0.25, 0.3) is 5.91 Å². The minimum atomic E-state index is -0.226. The van der Waals surface area contributed by atoms with Gasteiger partial charge in [-0.15, -0.1) is 0 Å². The summed E-state index contributed by atoms with van der Waals surface area (Å²) >= 11 is 7.29. The summed E-state index contributed by atoms with van der Waals surface area (Å²) in [6.07, 6.45) is 1.75. The number of halogens is 1. The summed E-state index contributed by atoms with van der Waals surface area (Å²) < 4.78 is 11.0. The Hall–Kier alpha value is -2.95. The van der Waals surface area contributed by atoms with Crippen LogP contribution in [-0.2, 0) is 4.79 Å². The number of rotatable bonds is 6. The van der Waals surface area contributed by atoms with Crippen molar-refractivity contribution in [3.63, 3.8) is 0 Å². The highest BCUT2D eigenvalue weighted by molar-refractivity contribution is 8.18. The molecular weight excluding hydrogens is 410 g/mol. The van der Waals surface area contributed by atoms with Crippen LogP contribution in [0.5, 0.6) is 11.5 Å². The van der Waals surface area contributed by atoms with Crippen LogP contribution in [0.2, 0.25) is 5.02 Å². The third-order valence-electron chi connectivity index (χ3n) is 3.90. The molecule has 1 fully saturated rings. The van der Waals surface area contributed by atoms with Crippen LogP contribution in [0.3, 0.4) is 0 Å². The smallest absolute Gasteiger partial charge is 0.264 e. The molecule has 1 aliphatic heterocycles. The molecule has 6 nitrogen and oxygen atoms in total. The van der Waals surface area contributed by atoms with Crippen LogP contribution < -0.4 is 14.8 Å². The largest absolute Gasteiger partial charge is 0.490 e. The van der Waals surface area contributed by atoms with Gasteiger partial charge in [0.15, 0.2) is 23.3 Å². The summed E-state index contributed by atoms with van der Waals surface area (Å²) in [7, 11) is 0. The Labute approximate surface area is 178 Å². The van der Waals surface area contributed by atoms with Gasteiger partial charge in [0.2, 0.25) is 0 Å². The maximum atomic E-state index is 12.4. The second-order valence-corrected chi connectivity index (χ2v) is 7.47. The molecule has 8 heteroatoms. The standard InChI is InChI=1S/C21H18ClN3O3S/c1-3-27-18-10-14(5-7-17(18)28-9-8-23)11-19-20(26)25-21(29-19)24-16-12-15(22)6-4-13(16)2/h4-7,10-12H,3,9H2,1-2H3,(H,24,25,26)/b19-11-. The van der Waals surface area contributed by atoms with E-state index in [1.165, 1.54) is 11.8 Å². The Bertz CT molecular complexity index is 1040. The Balaban J connectivity index is 1.84. The van der Waals surface area contributed by atoms with Gasteiger partial charge in [0, 0.05) is 5.02 Å². The molecule has 1 aliphatic rings. The Morgan fingerprint density at radius 1 is 1.24 bits per heavy atom. The maximum absolute atomic E-state index is 12.4. The first kappa shape index (κ1) is 20.8. The minimum Gasteiger partial charge on any atom is -0.490 e. The molecule has 2 aromatic rings. The summed E-state index contributed by atoms with van der Waals surface area (Å²) in [4.78, 5) is 17.4. The van der Waals surface area contributed by atoms with Gasteiger partial charge in [-0.25, -0.2) is 4.99 Å². The van der Waals surface area contributed by atoms with Gasteiger partial charge in [-0.2, -0.15) is 5.26 Å². The molecule has 0 bridgehead atoms. The van der Waals surface area contributed by atoms with Crippen molar-refractivity contribution in [3.8, 4) is 17.6 Å². The Kier molecular flexibility index (Phi) is 6.81. The molecule has 3 rings (SSSR count). The van der Waals surface area contributed by atoms with Crippen LogP contribution in [-0.4, -0.2) is 24.3 Å². The first-order valence-corrected chi connectivity index (χ1v) is 10.0. The number of ether oxygens (including phenoxy) is 2. The molecule has 29 heavy (non-hydrogen) atoms. The van der Waals surface area contributed by atoms with E-state index in [4.69, 9.17) is 26.3 Å². The molecule has 1 amide bonds. The molecule has 148 valence electrons. The van der Waals surface area contributed by atoms with Gasteiger partial charge in [0.1, 0.15) is 6.07 Å². The second-order valence-electron chi connectivity index (χ2n) is 6.00. The molecule has 2 aromatic carbocycles. The molecule has 0 saturated carbocycles. The number of nitrogens with zero attached hydrogens (tertiary/aromatic N) is 2. The number of amides is 1. The lowest BCUT2D eigenvalue weighted by molar-refractivity contribution is -0.115. The molecule has 1 saturated heterocycles. The van der Waals surface area contributed by atoms with E-state index in [1.807, 2.05) is 26.0 Å². The monoisotopic (exact) mass is 427 g/mol. The maximum Gasteiger partial charge on any atom is 0.264 e. The lowest BCUT2D eigenvalue weighted by atomic mass is 10.2. The third-order valence-corrected chi connectivity index (χ3v) is 5.05. The lowest BCUT2D eigenvalue weighted by Gasteiger charge is -2.10. The van der Waals surface area contributed by atoms with Gasteiger partial charge in [-0.1, -0.05) is 23.7 Å². The zero-order chi connectivity index (χ0) is 20.8. The quantitative estimate of drug-likeness (QED) is 0.667. The summed E-state index contributed by atoms with van der Waals surface area (Å²) in [6.45, 7) is 4.18. The summed E-state index contributed by atoms with van der Waals surface area (Å²) in [6, 6.07) is 12.7. The van der Waals surface area contributed by atoms with Crippen LogP contribution in [0, 0.1) is 18.3 Å². The average molecular weight is 428 g/mol. The number of amidine groups is 1. The van der Waals surface area contributed by atoms with Crippen LogP contribution in [0.4, 0.5) is 5.69 Å². The van der Waals surface area contributed by atoms with E-state index >= 15 is 0 Å². The van der Waals surface area contributed by atoms with E-state index in [0.717, 1.165) is 11.1 Å². The molecule has 1 N–H and O–H groups in total. The number of nitriles is 1. The fraction of sp³-hybridized carbons (Fsp3) is 0.190. The number of hydrogen-bond donors (Lipinski definition) is 1. The second kappa shape index (κ2) is 9.50. The number of thioether (sulfide) groups is 1. The highest BCUT2D eigenvalue weighted by atomic mass is 35.5. The number of carbonyl (C=O) groups excluding carboxylic acids is 1. The molecule has 0 aromatic heterocycles. The summed E-state index contributed by atoms with van der Waals surface area (Å²) in [5, 5.41) is 12.5. The fourth-order valence-corrected chi connectivity index (χ4v) is 3.56. The van der Waals surface area contributed by atoms with E-state index < -0.39 is 0 Å². The van der Waals surface area contributed by atoms with Gasteiger partial charge in [-0.3, -0.25) is 4.79 Å². The van der Waals surface area contributed by atoms with Crippen LogP contribution in [0.25, 0.3) is 6.08 Å². The highest BCUT2D eigenvalue weighted by Crippen LogP contribution is 2.33. The average Bonchev–Trinajstić information content (AvgIpc) is 3.03. The molecule has 0 unspecified atom stereocenters. The zero-order valence-electron chi connectivity index (χ0n) is 15.9. The predicted octanol–water partition coefficient (Wildman–Crippen LogP) is 4.84. The number of aliphatic imine (C=N–C) groups is 1. The molecule has 0 atom stereocenters. The number of carbonyl (C=O) groups is 1. The third kappa shape index (κ3) is 5.31. The first-order valence-electron chi connectivity index (χ1n) is 8.82. The zero-order valence-corrected chi connectivity index (χ0v) is 17.4. The van der Waals surface area contributed by atoms with Crippen molar-refractivity contribution < 1.29 is 14.3 Å². The van der Waals surface area contributed by atoms with E-state index in [0.29, 0.717) is 38.9 Å². The van der Waals surface area contributed by atoms with Crippen molar-refractivity contribution in [2.75, 3.05) is 13.2 Å². The molecule has 0 aliphatic carbocycles. The van der Waals surface area contributed by atoms with Crippen molar-refractivity contribution >= 4 is 46.2 Å². The Morgan fingerprint density at radius 3 is 2.83 bits per heavy atom. The molecule has 0 radical (unpaired) electrons. The van der Waals surface area contributed by atoms with Gasteiger partial charge in [0.05, 0.1) is 17.2 Å². The van der Waals surface area contributed by atoms with Crippen LogP contribution in [0.15, 0.2) is 46.3 Å². The van der Waals surface area contributed by atoms with E-state index in [1.54, 1.807) is 36.4 Å². The van der Waals surface area contributed by atoms with Crippen molar-refractivity contribution in [1.29, 1.82) is 5.26 Å². The summed E-state index contributed by atoms with van der Waals surface area (Å²) in [5.74, 6) is 0.776. The van der Waals surface area contributed by atoms with Crippen molar-refractivity contribution in [3.05, 3.63) is 57.5 Å². The van der Waals surface area contributed by atoms with Crippen molar-refractivity contribution in [1.82, 2.24) is 5.32 Å². The van der Waals surface area contributed by atoms with Crippen molar-refractivity contribution in [2.45, 2.75) is 13.8 Å². The van der Waals surface area contributed by atoms with Crippen LogP contribution >= 0.6 is 23.4 Å². The summed E-state index contributed by atoms with van der Waals surface area (Å²) in [5.41, 5.74) is 2.44. The predicted molar refractivity (Wildman–Crippen MR) is 116 cm³/mol. The number of benzene rings is 2. The normalized spacial score (nSPS) is 16.0. The SMILES string of the molecule is CCOc1cc(/C=C2\SC(=Nc3cc(Cl)ccc3C)NC2=O)ccc1OCC#N. The highest BCUT2D eigenvalue weighted by Gasteiger charge is 2.24. The number of nitrogens with one attached hydrogen (secondary N) is 1. The Morgan fingerprint density at radius 2 is 2.07 bits per heavy atom. The van der Waals surface area contributed by atoms with E-state index in [-0.39, 0.29) is 12.5 Å². The van der Waals surface area contributed by atoms with Gasteiger partial charge in [-0.05, 0) is 67.1 Å². The molecular formula is C21H18ClN3O3S. The molecule has 1 heterocycles. The van der Waals surface area contributed by atoms with Gasteiger partial charge >= 0.3 is 0 Å². The number of hydrogen-bond acceptors (Lipinski definition) is 6. The first-order chi connectivity index (χ1) is 14.0. The van der Waals surface area contributed by atoms with Gasteiger partial charge < -0.3 is 14.8 Å². The van der Waals surface area contributed by atoms with E-state index in [9.17, 15) is 4.79 Å².